The van der Waals surface area contributed by atoms with E-state index in [0.717, 1.165) is 5.56 Å². The summed E-state index contributed by atoms with van der Waals surface area (Å²) in [5.74, 6) is -0.785. The van der Waals surface area contributed by atoms with E-state index in [9.17, 15) is 14.0 Å². The van der Waals surface area contributed by atoms with Crippen LogP contribution < -0.4 is 5.43 Å². The molecule has 1 N–H and O–H groups in total. The van der Waals surface area contributed by atoms with E-state index in [1.807, 2.05) is 13.0 Å². The van der Waals surface area contributed by atoms with Crippen LogP contribution in [0.1, 0.15) is 41.6 Å². The van der Waals surface area contributed by atoms with Crippen LogP contribution in [0, 0.1) is 5.82 Å². The number of rotatable bonds is 4. The Morgan fingerprint density at radius 1 is 1.15 bits per heavy atom. The standard InChI is InChI=1S/C19H19FN2O2.CO2/c1-2-17-16(13-8-10-15(20)11-9-13)12-18(23)22(17)21-19(24)14-6-4-3-5-7-14;2-1-3/h3-11,16-17H,2,12H2,1H3,(H,21,24);/t16-,17-;/m0./s1. The van der Waals surface area contributed by atoms with Gasteiger partial charge < -0.3 is 0 Å². The molecule has 1 aliphatic heterocycles. The lowest BCUT2D eigenvalue weighted by Crippen LogP contribution is -2.48. The third-order valence-electron chi connectivity index (χ3n) is 4.43. The van der Waals surface area contributed by atoms with Crippen LogP contribution in [0.2, 0.25) is 0 Å². The number of hydrogen-bond acceptors (Lipinski definition) is 4. The molecule has 0 aliphatic carbocycles. The topological polar surface area (TPSA) is 83.6 Å². The highest BCUT2D eigenvalue weighted by atomic mass is 19.1. The average molecular weight is 370 g/mol. The van der Waals surface area contributed by atoms with Crippen molar-refractivity contribution >= 4 is 18.0 Å². The molecular weight excluding hydrogens is 351 g/mol. The summed E-state index contributed by atoms with van der Waals surface area (Å²) in [6, 6.07) is 14.9. The van der Waals surface area contributed by atoms with Gasteiger partial charge in [-0.15, -0.1) is 0 Å². The van der Waals surface area contributed by atoms with E-state index in [-0.39, 0.29) is 35.7 Å². The van der Waals surface area contributed by atoms with Crippen LogP contribution in [0.15, 0.2) is 54.6 Å². The number of halogens is 1. The zero-order valence-electron chi connectivity index (χ0n) is 14.7. The molecule has 140 valence electrons. The summed E-state index contributed by atoms with van der Waals surface area (Å²) in [6.07, 6.45) is 1.25. The van der Waals surface area contributed by atoms with Crippen LogP contribution >= 0.6 is 0 Å². The van der Waals surface area contributed by atoms with Crippen molar-refractivity contribution in [3.63, 3.8) is 0 Å². The molecule has 2 atom stereocenters. The lowest BCUT2D eigenvalue weighted by molar-refractivity contribution is -0.191. The molecule has 2 aromatic carbocycles. The summed E-state index contributed by atoms with van der Waals surface area (Å²) in [4.78, 5) is 41.0. The predicted octanol–water partition coefficient (Wildman–Crippen LogP) is 2.68. The van der Waals surface area contributed by atoms with Crippen LogP contribution in [-0.4, -0.2) is 29.0 Å². The minimum Gasteiger partial charge on any atom is -0.273 e. The van der Waals surface area contributed by atoms with Gasteiger partial charge in [0.25, 0.3) is 5.91 Å². The van der Waals surface area contributed by atoms with Gasteiger partial charge in [0, 0.05) is 17.9 Å². The average Bonchev–Trinajstić information content (AvgIpc) is 2.99. The van der Waals surface area contributed by atoms with Crippen LogP contribution in [0.25, 0.3) is 0 Å². The van der Waals surface area contributed by atoms with Gasteiger partial charge in [0.2, 0.25) is 5.91 Å². The molecule has 1 fully saturated rings. The maximum atomic E-state index is 13.1. The van der Waals surface area contributed by atoms with Gasteiger partial charge in [0.05, 0.1) is 6.04 Å². The number of nitrogens with one attached hydrogen (secondary N) is 1. The van der Waals surface area contributed by atoms with Crippen molar-refractivity contribution in [1.82, 2.24) is 10.4 Å². The molecule has 1 heterocycles. The first kappa shape index (κ1) is 20.0. The first-order valence-electron chi connectivity index (χ1n) is 8.44. The minimum atomic E-state index is -0.304. The van der Waals surface area contributed by atoms with Crippen molar-refractivity contribution < 1.29 is 23.6 Å². The fourth-order valence-electron chi connectivity index (χ4n) is 3.21. The van der Waals surface area contributed by atoms with Crippen molar-refractivity contribution in [2.24, 2.45) is 0 Å². The van der Waals surface area contributed by atoms with Crippen molar-refractivity contribution in [3.05, 3.63) is 71.5 Å². The zero-order valence-corrected chi connectivity index (χ0v) is 14.7. The second-order valence-electron chi connectivity index (χ2n) is 5.99. The summed E-state index contributed by atoms with van der Waals surface area (Å²) in [5.41, 5.74) is 4.14. The van der Waals surface area contributed by atoms with Gasteiger partial charge in [-0.3, -0.25) is 20.0 Å². The van der Waals surface area contributed by atoms with Gasteiger partial charge in [0.1, 0.15) is 5.82 Å². The lowest BCUT2D eigenvalue weighted by Gasteiger charge is -2.27. The number of amides is 2. The number of benzene rings is 2. The first-order chi connectivity index (χ1) is 13.0. The maximum absolute atomic E-state index is 13.1. The summed E-state index contributed by atoms with van der Waals surface area (Å²) in [6.45, 7) is 1.97. The molecule has 1 aliphatic rings. The Labute approximate surface area is 155 Å². The van der Waals surface area contributed by atoms with E-state index in [1.165, 1.54) is 17.1 Å². The molecule has 0 saturated carbocycles. The summed E-state index contributed by atoms with van der Waals surface area (Å²) >= 11 is 0. The minimum absolute atomic E-state index is 0.0563. The molecule has 0 bridgehead atoms. The quantitative estimate of drug-likeness (QED) is 0.897. The predicted molar refractivity (Wildman–Crippen MR) is 93.6 cm³/mol. The number of carbonyl (C=O) groups excluding carboxylic acids is 4. The zero-order chi connectivity index (χ0) is 19.8. The Morgan fingerprint density at radius 2 is 1.74 bits per heavy atom. The molecule has 2 amide bonds. The Kier molecular flexibility index (Phi) is 6.97. The highest BCUT2D eigenvalue weighted by molar-refractivity contribution is 5.95. The van der Waals surface area contributed by atoms with E-state index < -0.39 is 0 Å². The highest BCUT2D eigenvalue weighted by Gasteiger charge is 2.40. The van der Waals surface area contributed by atoms with Crippen molar-refractivity contribution in [2.75, 3.05) is 0 Å². The van der Waals surface area contributed by atoms with Gasteiger partial charge >= 0.3 is 6.15 Å². The Morgan fingerprint density at radius 3 is 2.30 bits per heavy atom. The molecule has 1 saturated heterocycles. The second kappa shape index (κ2) is 9.40. The van der Waals surface area contributed by atoms with Crippen molar-refractivity contribution in [3.8, 4) is 0 Å². The Bertz CT molecular complexity index is 818. The SMILES string of the molecule is CC[C@H]1[C@H](c2ccc(F)cc2)CC(=O)N1NC(=O)c1ccccc1.O=C=O. The van der Waals surface area contributed by atoms with E-state index in [4.69, 9.17) is 9.59 Å². The molecular formula is C20H19FN2O4. The van der Waals surface area contributed by atoms with Crippen molar-refractivity contribution in [1.29, 1.82) is 0 Å². The molecule has 0 aromatic heterocycles. The Balaban J connectivity index is 0.000000817. The molecule has 7 heteroatoms. The van der Waals surface area contributed by atoms with Crippen molar-refractivity contribution in [2.45, 2.75) is 31.7 Å². The third kappa shape index (κ3) is 4.86. The van der Waals surface area contributed by atoms with E-state index >= 15 is 0 Å². The first-order valence-corrected chi connectivity index (χ1v) is 8.44. The molecule has 0 spiro atoms. The van der Waals surface area contributed by atoms with E-state index in [1.54, 1.807) is 36.4 Å². The van der Waals surface area contributed by atoms with Crippen LogP contribution in [0.3, 0.4) is 0 Å². The fourth-order valence-corrected chi connectivity index (χ4v) is 3.21. The summed E-state index contributed by atoms with van der Waals surface area (Å²) < 4.78 is 13.1. The molecule has 0 unspecified atom stereocenters. The van der Waals surface area contributed by atoms with Crippen LogP contribution in [-0.2, 0) is 14.4 Å². The lowest BCUT2D eigenvalue weighted by atomic mass is 9.90. The normalized spacial score (nSPS) is 18.3. The monoisotopic (exact) mass is 370 g/mol. The Hall–Kier alpha value is -3.31. The molecule has 2 aromatic rings. The molecule has 27 heavy (non-hydrogen) atoms. The van der Waals surface area contributed by atoms with Crippen LogP contribution in [0.5, 0.6) is 0 Å². The van der Waals surface area contributed by atoms with Gasteiger partial charge in [-0.05, 0) is 36.2 Å². The van der Waals surface area contributed by atoms with Gasteiger partial charge in [-0.1, -0.05) is 37.3 Å². The number of hydrazine groups is 1. The summed E-state index contributed by atoms with van der Waals surface area (Å²) in [7, 11) is 0. The van der Waals surface area contributed by atoms with Gasteiger partial charge in [-0.25, -0.2) is 4.39 Å². The number of nitrogens with zero attached hydrogens (tertiary/aromatic N) is 1. The van der Waals surface area contributed by atoms with E-state index in [0.29, 0.717) is 18.4 Å². The maximum Gasteiger partial charge on any atom is 0.373 e. The van der Waals surface area contributed by atoms with E-state index in [2.05, 4.69) is 5.43 Å². The molecule has 6 nitrogen and oxygen atoms in total. The molecule has 3 rings (SSSR count). The largest absolute Gasteiger partial charge is 0.373 e. The van der Waals surface area contributed by atoms with Crippen LogP contribution in [0.4, 0.5) is 4.39 Å². The number of carbonyl (C=O) groups is 2. The highest BCUT2D eigenvalue weighted by Crippen LogP contribution is 2.35. The van der Waals surface area contributed by atoms with Gasteiger partial charge in [0.15, 0.2) is 0 Å². The third-order valence-corrected chi connectivity index (χ3v) is 4.43. The fraction of sp³-hybridized carbons (Fsp3) is 0.250. The number of hydrogen-bond donors (Lipinski definition) is 1. The second-order valence-corrected chi connectivity index (χ2v) is 5.99. The van der Waals surface area contributed by atoms with Gasteiger partial charge in [-0.2, -0.15) is 9.59 Å². The molecule has 0 radical (unpaired) electrons. The summed E-state index contributed by atoms with van der Waals surface area (Å²) in [5, 5.41) is 1.43. The smallest absolute Gasteiger partial charge is 0.273 e.